The van der Waals surface area contributed by atoms with Crippen LogP contribution < -0.4 is 0 Å². The number of allylic oxidation sites excluding steroid dienone is 1. The van der Waals surface area contributed by atoms with Crippen LogP contribution in [0.2, 0.25) is 0 Å². The highest BCUT2D eigenvalue weighted by molar-refractivity contribution is 5.33. The van der Waals surface area contributed by atoms with Crippen LogP contribution in [-0.2, 0) is 0 Å². The molecule has 2 aliphatic rings. The summed E-state index contributed by atoms with van der Waals surface area (Å²) in [5.41, 5.74) is 2.20. The van der Waals surface area contributed by atoms with Gasteiger partial charge in [0.05, 0.1) is 18.0 Å². The zero-order valence-electron chi connectivity index (χ0n) is 16.6. The summed E-state index contributed by atoms with van der Waals surface area (Å²) in [6.45, 7) is 0. The lowest BCUT2D eigenvalue weighted by Gasteiger charge is -2.38. The lowest BCUT2D eigenvalue weighted by molar-refractivity contribution is 0.155. The van der Waals surface area contributed by atoms with Crippen molar-refractivity contribution >= 4 is 0 Å². The fraction of sp³-hybridized carbons (Fsp3) is 0.640. The van der Waals surface area contributed by atoms with Crippen LogP contribution >= 0.6 is 0 Å². The molecular weight excluding hydrogens is 333 g/mol. The zero-order chi connectivity index (χ0) is 18.9. The van der Waals surface area contributed by atoms with Gasteiger partial charge in [0.2, 0.25) is 0 Å². The monoisotopic (exact) mass is 367 g/mol. The molecule has 0 amide bonds. The molecule has 3 rings (SSSR count). The maximum Gasteiger partial charge on any atom is 0.0991 e. The second kappa shape index (κ2) is 10.6. The number of nitriles is 1. The van der Waals surface area contributed by atoms with E-state index < -0.39 is 0 Å². The SMILES string of the molecule is N#Cc1ccc(C2CCC(C3CCC(CCCCC=CF)CC3)CC2)cc1. The molecule has 0 N–H and O–H groups in total. The molecule has 0 radical (unpaired) electrons. The smallest absolute Gasteiger partial charge is 0.0991 e. The van der Waals surface area contributed by atoms with Crippen molar-refractivity contribution in [3.8, 4) is 6.07 Å². The maximum atomic E-state index is 12.0. The number of unbranched alkanes of at least 4 members (excludes halogenated alkanes) is 2. The van der Waals surface area contributed by atoms with E-state index in [0.717, 1.165) is 36.2 Å². The van der Waals surface area contributed by atoms with Crippen LogP contribution in [-0.4, -0.2) is 0 Å². The molecule has 0 bridgehead atoms. The Kier molecular flexibility index (Phi) is 7.93. The van der Waals surface area contributed by atoms with E-state index >= 15 is 0 Å². The van der Waals surface area contributed by atoms with Crippen LogP contribution in [0.3, 0.4) is 0 Å². The molecule has 0 aromatic heterocycles. The number of nitrogens with zero attached hydrogens (tertiary/aromatic N) is 1. The Bertz CT molecular complexity index is 611. The highest BCUT2D eigenvalue weighted by Crippen LogP contribution is 2.44. The van der Waals surface area contributed by atoms with Gasteiger partial charge in [0.15, 0.2) is 0 Å². The van der Waals surface area contributed by atoms with Gasteiger partial charge in [-0.2, -0.15) is 5.26 Å². The van der Waals surface area contributed by atoms with E-state index in [9.17, 15) is 4.39 Å². The predicted octanol–water partition coefficient (Wildman–Crippen LogP) is 7.68. The van der Waals surface area contributed by atoms with Crippen molar-refractivity contribution in [2.75, 3.05) is 0 Å². The first-order valence-electron chi connectivity index (χ1n) is 11.1. The first-order valence-corrected chi connectivity index (χ1v) is 11.1. The average Bonchev–Trinajstić information content (AvgIpc) is 2.74. The molecule has 2 aliphatic carbocycles. The van der Waals surface area contributed by atoms with Gasteiger partial charge >= 0.3 is 0 Å². The molecule has 2 saturated carbocycles. The van der Waals surface area contributed by atoms with Gasteiger partial charge in [0.1, 0.15) is 0 Å². The van der Waals surface area contributed by atoms with Gasteiger partial charge in [0.25, 0.3) is 0 Å². The highest BCUT2D eigenvalue weighted by Gasteiger charge is 2.31. The van der Waals surface area contributed by atoms with Crippen molar-refractivity contribution in [2.24, 2.45) is 17.8 Å². The van der Waals surface area contributed by atoms with E-state index in [-0.39, 0.29) is 0 Å². The molecule has 0 heterocycles. The third kappa shape index (κ3) is 5.93. The summed E-state index contributed by atoms with van der Waals surface area (Å²) in [4.78, 5) is 0. The molecule has 1 nitrogen and oxygen atoms in total. The molecule has 1 aromatic rings. The quantitative estimate of drug-likeness (QED) is 0.453. The highest BCUT2D eigenvalue weighted by atomic mass is 19.1. The van der Waals surface area contributed by atoms with Gasteiger partial charge in [-0.3, -0.25) is 0 Å². The number of hydrogen-bond acceptors (Lipinski definition) is 1. The van der Waals surface area contributed by atoms with Crippen LogP contribution in [0.25, 0.3) is 0 Å². The van der Waals surface area contributed by atoms with Gasteiger partial charge < -0.3 is 0 Å². The van der Waals surface area contributed by atoms with Gasteiger partial charge in [-0.25, -0.2) is 4.39 Å². The predicted molar refractivity (Wildman–Crippen MR) is 110 cm³/mol. The molecule has 1 aromatic carbocycles. The molecule has 0 atom stereocenters. The Labute approximate surface area is 164 Å². The third-order valence-electron chi connectivity index (χ3n) is 7.16. The summed E-state index contributed by atoms with van der Waals surface area (Å²) in [6.07, 6.45) is 18.1. The lowest BCUT2D eigenvalue weighted by atomic mass is 9.68. The Morgan fingerprint density at radius 1 is 0.889 bits per heavy atom. The van der Waals surface area contributed by atoms with Crippen molar-refractivity contribution in [1.29, 1.82) is 5.26 Å². The molecule has 2 fully saturated rings. The fourth-order valence-electron chi connectivity index (χ4n) is 5.46. The van der Waals surface area contributed by atoms with Crippen LogP contribution in [0.4, 0.5) is 4.39 Å². The van der Waals surface area contributed by atoms with E-state index in [1.165, 1.54) is 69.8 Å². The largest absolute Gasteiger partial charge is 0.216 e. The Morgan fingerprint density at radius 3 is 2.11 bits per heavy atom. The van der Waals surface area contributed by atoms with Crippen molar-refractivity contribution < 1.29 is 4.39 Å². The minimum Gasteiger partial charge on any atom is -0.216 e. The minimum atomic E-state index is 0.682. The van der Waals surface area contributed by atoms with Crippen molar-refractivity contribution in [3.05, 3.63) is 47.8 Å². The van der Waals surface area contributed by atoms with Gasteiger partial charge in [-0.15, -0.1) is 0 Å². The molecule has 0 spiro atoms. The van der Waals surface area contributed by atoms with Crippen molar-refractivity contribution in [2.45, 2.75) is 83.0 Å². The standard InChI is InChI=1S/C25H34FN/c26-18-4-2-1-3-5-20-6-10-22(11-7-20)24-14-16-25(17-15-24)23-12-8-21(19-27)9-13-23/h4,8-9,12-13,18,20,22,24-25H,1-3,5-7,10-11,14-17H2. The second-order valence-corrected chi connectivity index (χ2v) is 8.77. The fourth-order valence-corrected chi connectivity index (χ4v) is 5.46. The summed E-state index contributed by atoms with van der Waals surface area (Å²) in [6, 6.07) is 10.5. The Hall–Kier alpha value is -1.62. The molecule has 2 heteroatoms. The second-order valence-electron chi connectivity index (χ2n) is 8.77. The number of benzene rings is 1. The summed E-state index contributed by atoms with van der Waals surface area (Å²) >= 11 is 0. The van der Waals surface area contributed by atoms with Crippen LogP contribution in [0.1, 0.15) is 94.1 Å². The van der Waals surface area contributed by atoms with E-state index in [1.807, 2.05) is 12.1 Å². The van der Waals surface area contributed by atoms with E-state index in [4.69, 9.17) is 5.26 Å². The van der Waals surface area contributed by atoms with E-state index in [0.29, 0.717) is 12.2 Å². The van der Waals surface area contributed by atoms with Crippen LogP contribution in [0.5, 0.6) is 0 Å². The van der Waals surface area contributed by atoms with Crippen molar-refractivity contribution in [1.82, 2.24) is 0 Å². The van der Waals surface area contributed by atoms with Gasteiger partial charge in [-0.05, 0) is 92.7 Å². The first kappa shape index (κ1) is 20.1. The average molecular weight is 368 g/mol. The normalized spacial score (nSPS) is 28.9. The summed E-state index contributed by atoms with van der Waals surface area (Å²) < 4.78 is 12.0. The number of rotatable bonds is 7. The molecule has 0 aliphatic heterocycles. The van der Waals surface area contributed by atoms with Crippen LogP contribution in [0, 0.1) is 29.1 Å². The van der Waals surface area contributed by atoms with E-state index in [2.05, 4.69) is 18.2 Å². The lowest BCUT2D eigenvalue weighted by Crippen LogP contribution is -2.25. The zero-order valence-corrected chi connectivity index (χ0v) is 16.6. The summed E-state index contributed by atoms with van der Waals surface area (Å²) in [5, 5.41) is 8.95. The molecule has 27 heavy (non-hydrogen) atoms. The first-order chi connectivity index (χ1) is 13.3. The Morgan fingerprint density at radius 2 is 1.52 bits per heavy atom. The van der Waals surface area contributed by atoms with Gasteiger partial charge in [-0.1, -0.05) is 43.9 Å². The number of halogens is 1. The maximum absolute atomic E-state index is 12.0. The Balaban J connectivity index is 1.36. The summed E-state index contributed by atoms with van der Waals surface area (Å²) in [5.74, 6) is 3.52. The molecule has 146 valence electrons. The van der Waals surface area contributed by atoms with Gasteiger partial charge in [0, 0.05) is 0 Å². The molecule has 0 unspecified atom stereocenters. The molecule has 0 saturated heterocycles. The van der Waals surface area contributed by atoms with E-state index in [1.54, 1.807) is 6.08 Å². The van der Waals surface area contributed by atoms with Crippen molar-refractivity contribution in [3.63, 3.8) is 0 Å². The number of hydrogen-bond donors (Lipinski definition) is 0. The molecular formula is C25H34FN. The van der Waals surface area contributed by atoms with Crippen LogP contribution in [0.15, 0.2) is 36.7 Å². The minimum absolute atomic E-state index is 0.682. The third-order valence-corrected chi connectivity index (χ3v) is 7.16. The topological polar surface area (TPSA) is 23.8 Å². The summed E-state index contributed by atoms with van der Waals surface area (Å²) in [7, 11) is 0.